The van der Waals surface area contributed by atoms with E-state index < -0.39 is 5.97 Å². The Kier molecular flexibility index (Phi) is 6.25. The molecule has 0 fully saturated rings. The second-order valence-electron chi connectivity index (χ2n) is 5.05. The number of benzene rings is 2. The summed E-state index contributed by atoms with van der Waals surface area (Å²) in [4.78, 5) is 11.0. The molecule has 2 aromatic carbocycles. The van der Waals surface area contributed by atoms with Crippen LogP contribution in [0.2, 0.25) is 0 Å². The van der Waals surface area contributed by atoms with Crippen LogP contribution in [0.3, 0.4) is 0 Å². The molecule has 0 unspecified atom stereocenters. The van der Waals surface area contributed by atoms with Crippen molar-refractivity contribution in [2.45, 2.75) is 13.5 Å². The number of anilines is 1. The Balaban J connectivity index is 2.09. The second kappa shape index (κ2) is 8.62. The third-order valence-corrected chi connectivity index (χ3v) is 3.27. The number of hydrogen-bond donors (Lipinski definition) is 2. The molecule has 0 aliphatic rings. The van der Waals surface area contributed by atoms with Gasteiger partial charge in [-0.2, -0.15) is 0 Å². The maximum Gasteiger partial charge on any atom is 0.335 e. The summed E-state index contributed by atoms with van der Waals surface area (Å²) in [6.45, 7) is 7.06. The van der Waals surface area contributed by atoms with Gasteiger partial charge >= 0.3 is 5.97 Å². The van der Waals surface area contributed by atoms with E-state index in [1.165, 1.54) is 0 Å². The van der Waals surface area contributed by atoms with E-state index in [1.807, 2.05) is 31.2 Å². The largest absolute Gasteiger partial charge is 0.490 e. The quantitative estimate of drug-likeness (QED) is 0.682. The molecule has 0 spiro atoms. The van der Waals surface area contributed by atoms with Crippen LogP contribution in [0, 0.1) is 0 Å². The van der Waals surface area contributed by atoms with Crippen molar-refractivity contribution < 1.29 is 19.4 Å². The van der Waals surface area contributed by atoms with Crippen molar-refractivity contribution in [1.82, 2.24) is 0 Å². The molecule has 0 radical (unpaired) electrons. The number of rotatable bonds is 9. The van der Waals surface area contributed by atoms with Crippen LogP contribution < -0.4 is 14.8 Å². The molecule has 0 aliphatic heterocycles. The Hall–Kier alpha value is -2.95. The van der Waals surface area contributed by atoms with Gasteiger partial charge in [0.15, 0.2) is 11.5 Å². The van der Waals surface area contributed by atoms with E-state index in [0.29, 0.717) is 31.3 Å². The first-order chi connectivity index (χ1) is 11.6. The van der Waals surface area contributed by atoms with E-state index in [-0.39, 0.29) is 5.56 Å². The highest BCUT2D eigenvalue weighted by Crippen LogP contribution is 2.29. The number of aromatic carboxylic acids is 1. The molecular formula is C19H21NO4. The van der Waals surface area contributed by atoms with Crippen LogP contribution in [0.5, 0.6) is 11.5 Å². The standard InChI is InChI=1S/C19H21NO4/c1-3-10-24-17-9-8-14(11-18(17)23-4-2)13-20-16-7-5-6-15(12-16)19(21)22/h3,5-9,11-12,20H,1,4,10,13H2,2H3,(H,21,22). The van der Waals surface area contributed by atoms with Crippen LogP contribution in [0.15, 0.2) is 55.1 Å². The fraction of sp³-hybridized carbons (Fsp3) is 0.211. The van der Waals surface area contributed by atoms with E-state index in [1.54, 1.807) is 24.3 Å². The minimum absolute atomic E-state index is 0.253. The molecule has 0 bridgehead atoms. The summed E-state index contributed by atoms with van der Waals surface area (Å²) in [6, 6.07) is 12.4. The lowest BCUT2D eigenvalue weighted by Crippen LogP contribution is -2.04. The minimum Gasteiger partial charge on any atom is -0.490 e. The lowest BCUT2D eigenvalue weighted by Gasteiger charge is -2.13. The highest BCUT2D eigenvalue weighted by Gasteiger charge is 2.07. The molecule has 0 aliphatic carbocycles. The fourth-order valence-electron chi connectivity index (χ4n) is 2.16. The van der Waals surface area contributed by atoms with Crippen molar-refractivity contribution in [2.24, 2.45) is 0 Å². The minimum atomic E-state index is -0.944. The van der Waals surface area contributed by atoms with Crippen LogP contribution in [-0.4, -0.2) is 24.3 Å². The van der Waals surface area contributed by atoms with Gasteiger partial charge in [-0.3, -0.25) is 0 Å². The van der Waals surface area contributed by atoms with Gasteiger partial charge < -0.3 is 19.9 Å². The van der Waals surface area contributed by atoms with Crippen LogP contribution in [0.25, 0.3) is 0 Å². The summed E-state index contributed by atoms with van der Waals surface area (Å²) in [5.74, 6) is 0.410. The average Bonchev–Trinajstić information content (AvgIpc) is 2.59. The molecule has 0 saturated heterocycles. The molecule has 5 heteroatoms. The van der Waals surface area contributed by atoms with Crippen LogP contribution >= 0.6 is 0 Å². The van der Waals surface area contributed by atoms with Gasteiger partial charge in [0, 0.05) is 12.2 Å². The summed E-state index contributed by atoms with van der Waals surface area (Å²) >= 11 is 0. The van der Waals surface area contributed by atoms with Gasteiger partial charge in [-0.25, -0.2) is 4.79 Å². The fourth-order valence-corrected chi connectivity index (χ4v) is 2.16. The Morgan fingerprint density at radius 1 is 1.21 bits per heavy atom. The van der Waals surface area contributed by atoms with Gasteiger partial charge in [0.05, 0.1) is 12.2 Å². The Morgan fingerprint density at radius 3 is 2.75 bits per heavy atom. The first kappa shape index (κ1) is 17.4. The molecule has 0 heterocycles. The van der Waals surface area contributed by atoms with Crippen molar-refractivity contribution >= 4 is 11.7 Å². The highest BCUT2D eigenvalue weighted by atomic mass is 16.5. The second-order valence-corrected chi connectivity index (χ2v) is 5.05. The van der Waals surface area contributed by atoms with Crippen molar-refractivity contribution in [3.05, 3.63) is 66.2 Å². The first-order valence-corrected chi connectivity index (χ1v) is 7.70. The summed E-state index contributed by atoms with van der Waals surface area (Å²) in [7, 11) is 0. The topological polar surface area (TPSA) is 67.8 Å². The van der Waals surface area contributed by atoms with Gasteiger partial charge in [-0.1, -0.05) is 24.8 Å². The van der Waals surface area contributed by atoms with E-state index >= 15 is 0 Å². The Bertz CT molecular complexity index is 712. The maximum absolute atomic E-state index is 11.0. The summed E-state index contributed by atoms with van der Waals surface area (Å²) in [5.41, 5.74) is 2.01. The van der Waals surface area contributed by atoms with Gasteiger partial charge in [0.2, 0.25) is 0 Å². The monoisotopic (exact) mass is 327 g/mol. The van der Waals surface area contributed by atoms with E-state index in [2.05, 4.69) is 11.9 Å². The zero-order chi connectivity index (χ0) is 17.4. The number of nitrogens with one attached hydrogen (secondary N) is 1. The van der Waals surface area contributed by atoms with E-state index in [9.17, 15) is 4.79 Å². The molecule has 0 atom stereocenters. The molecule has 24 heavy (non-hydrogen) atoms. The highest BCUT2D eigenvalue weighted by molar-refractivity contribution is 5.88. The van der Waals surface area contributed by atoms with Gasteiger partial charge in [-0.15, -0.1) is 0 Å². The molecule has 126 valence electrons. The van der Waals surface area contributed by atoms with Gasteiger partial charge in [-0.05, 0) is 42.8 Å². The zero-order valence-corrected chi connectivity index (χ0v) is 13.6. The van der Waals surface area contributed by atoms with E-state index in [0.717, 1.165) is 11.3 Å². The predicted octanol–water partition coefficient (Wildman–Crippen LogP) is 3.96. The van der Waals surface area contributed by atoms with Gasteiger partial charge in [0.25, 0.3) is 0 Å². The van der Waals surface area contributed by atoms with Crippen molar-refractivity contribution in [3.8, 4) is 11.5 Å². The van der Waals surface area contributed by atoms with Crippen LogP contribution in [0.4, 0.5) is 5.69 Å². The van der Waals surface area contributed by atoms with Crippen LogP contribution in [-0.2, 0) is 6.54 Å². The molecule has 0 aromatic heterocycles. The van der Waals surface area contributed by atoms with Gasteiger partial charge in [0.1, 0.15) is 6.61 Å². The lowest BCUT2D eigenvalue weighted by atomic mass is 10.1. The van der Waals surface area contributed by atoms with E-state index in [4.69, 9.17) is 14.6 Å². The number of hydrogen-bond acceptors (Lipinski definition) is 4. The third kappa shape index (κ3) is 4.78. The summed E-state index contributed by atoms with van der Waals surface area (Å²) < 4.78 is 11.2. The number of carboxylic acid groups (broad SMARTS) is 1. The molecule has 0 saturated carbocycles. The van der Waals surface area contributed by atoms with Crippen LogP contribution in [0.1, 0.15) is 22.8 Å². The molecule has 2 N–H and O–H groups in total. The molecular weight excluding hydrogens is 306 g/mol. The zero-order valence-electron chi connectivity index (χ0n) is 13.6. The summed E-state index contributed by atoms with van der Waals surface area (Å²) in [5, 5.41) is 12.2. The smallest absolute Gasteiger partial charge is 0.335 e. The van der Waals surface area contributed by atoms with Crippen molar-refractivity contribution in [3.63, 3.8) is 0 Å². The van der Waals surface area contributed by atoms with Crippen molar-refractivity contribution in [1.29, 1.82) is 0 Å². The molecule has 2 rings (SSSR count). The molecule has 0 amide bonds. The Labute approximate surface area is 141 Å². The SMILES string of the molecule is C=CCOc1ccc(CNc2cccc(C(=O)O)c2)cc1OCC. The summed E-state index contributed by atoms with van der Waals surface area (Å²) in [6.07, 6.45) is 1.68. The van der Waals surface area contributed by atoms with Crippen molar-refractivity contribution in [2.75, 3.05) is 18.5 Å². The molecule has 5 nitrogen and oxygen atoms in total. The Morgan fingerprint density at radius 2 is 2.04 bits per heavy atom. The predicted molar refractivity (Wildman–Crippen MR) is 94.0 cm³/mol. The number of carbonyl (C=O) groups is 1. The average molecular weight is 327 g/mol. The third-order valence-electron chi connectivity index (χ3n) is 3.27. The molecule has 2 aromatic rings. The lowest BCUT2D eigenvalue weighted by molar-refractivity contribution is 0.0697. The number of carboxylic acids is 1. The first-order valence-electron chi connectivity index (χ1n) is 7.70. The normalized spacial score (nSPS) is 10.0. The number of ether oxygens (including phenoxy) is 2. The maximum atomic E-state index is 11.0.